The molecule has 0 saturated carbocycles. The van der Waals surface area contributed by atoms with E-state index >= 15 is 0 Å². The van der Waals surface area contributed by atoms with Crippen LogP contribution in [-0.2, 0) is 11.3 Å². The SMILES string of the molecule is CCN1C(=O)CC[C@H]1c1nc(CNC(C)C)no1. The van der Waals surface area contributed by atoms with Crippen molar-refractivity contribution >= 4 is 5.91 Å². The normalized spacial score (nSPS) is 20.1. The first-order valence-electron chi connectivity index (χ1n) is 6.47. The molecule has 1 saturated heterocycles. The van der Waals surface area contributed by atoms with E-state index in [0.717, 1.165) is 6.42 Å². The zero-order valence-corrected chi connectivity index (χ0v) is 11.1. The van der Waals surface area contributed by atoms with E-state index < -0.39 is 0 Å². The molecule has 1 aliphatic rings. The second-order valence-corrected chi connectivity index (χ2v) is 4.82. The molecule has 0 radical (unpaired) electrons. The molecular formula is C12H20N4O2. The van der Waals surface area contributed by atoms with Crippen molar-refractivity contribution in [2.24, 2.45) is 0 Å². The van der Waals surface area contributed by atoms with Crippen molar-refractivity contribution < 1.29 is 9.32 Å². The van der Waals surface area contributed by atoms with E-state index in [-0.39, 0.29) is 11.9 Å². The van der Waals surface area contributed by atoms with Crippen LogP contribution in [0.15, 0.2) is 4.52 Å². The van der Waals surface area contributed by atoms with Crippen LogP contribution < -0.4 is 5.32 Å². The molecule has 2 heterocycles. The van der Waals surface area contributed by atoms with Crippen molar-refractivity contribution in [3.63, 3.8) is 0 Å². The van der Waals surface area contributed by atoms with E-state index in [1.165, 1.54) is 0 Å². The first-order chi connectivity index (χ1) is 8.61. The predicted octanol–water partition coefficient (Wildman–Crippen LogP) is 1.25. The molecule has 6 heteroatoms. The maximum absolute atomic E-state index is 11.6. The third kappa shape index (κ3) is 2.69. The van der Waals surface area contributed by atoms with Crippen LogP contribution in [0, 0.1) is 0 Å². The van der Waals surface area contributed by atoms with Gasteiger partial charge in [-0.15, -0.1) is 0 Å². The molecule has 100 valence electrons. The van der Waals surface area contributed by atoms with Crippen molar-refractivity contribution in [1.29, 1.82) is 0 Å². The van der Waals surface area contributed by atoms with Crippen LogP contribution in [0.3, 0.4) is 0 Å². The first-order valence-corrected chi connectivity index (χ1v) is 6.47. The maximum atomic E-state index is 11.6. The molecule has 0 aromatic carbocycles. The molecule has 1 amide bonds. The Hall–Kier alpha value is -1.43. The Morgan fingerprint density at radius 2 is 2.33 bits per heavy atom. The number of nitrogens with zero attached hydrogens (tertiary/aromatic N) is 3. The van der Waals surface area contributed by atoms with Crippen molar-refractivity contribution in [2.45, 2.75) is 52.2 Å². The van der Waals surface area contributed by atoms with Crippen LogP contribution in [-0.4, -0.2) is 33.5 Å². The molecule has 6 nitrogen and oxygen atoms in total. The molecule has 1 fully saturated rings. The van der Waals surface area contributed by atoms with Crippen molar-refractivity contribution in [3.8, 4) is 0 Å². The van der Waals surface area contributed by atoms with Crippen LogP contribution in [0.25, 0.3) is 0 Å². The molecule has 1 aliphatic heterocycles. The first kappa shape index (κ1) is 13.0. The number of carbonyl (C=O) groups is 1. The lowest BCUT2D eigenvalue weighted by molar-refractivity contribution is -0.129. The van der Waals surface area contributed by atoms with Gasteiger partial charge in [-0.3, -0.25) is 4.79 Å². The zero-order valence-electron chi connectivity index (χ0n) is 11.1. The third-order valence-corrected chi connectivity index (χ3v) is 3.11. The van der Waals surface area contributed by atoms with Crippen molar-refractivity contribution in [2.75, 3.05) is 6.54 Å². The van der Waals surface area contributed by atoms with Gasteiger partial charge in [-0.25, -0.2) is 0 Å². The number of likely N-dealkylation sites (tertiary alicyclic amines) is 1. The maximum Gasteiger partial charge on any atom is 0.249 e. The van der Waals surface area contributed by atoms with Gasteiger partial charge in [0, 0.05) is 19.0 Å². The minimum Gasteiger partial charge on any atom is -0.337 e. The Balaban J connectivity index is 2.03. The number of hydrogen-bond acceptors (Lipinski definition) is 5. The Bertz CT molecular complexity index is 416. The monoisotopic (exact) mass is 252 g/mol. The Kier molecular flexibility index (Phi) is 3.96. The quantitative estimate of drug-likeness (QED) is 0.854. The second-order valence-electron chi connectivity index (χ2n) is 4.82. The summed E-state index contributed by atoms with van der Waals surface area (Å²) in [6.07, 6.45) is 1.34. The summed E-state index contributed by atoms with van der Waals surface area (Å²) >= 11 is 0. The summed E-state index contributed by atoms with van der Waals surface area (Å²) in [6, 6.07) is 0.343. The van der Waals surface area contributed by atoms with E-state index in [2.05, 4.69) is 29.3 Å². The standard InChI is InChI=1S/C12H20N4O2/c1-4-16-9(5-6-11(16)17)12-14-10(15-18-12)7-13-8(2)3/h8-9,13H,4-7H2,1-3H3/t9-/m0/s1. The van der Waals surface area contributed by atoms with Gasteiger partial charge in [0.15, 0.2) is 5.82 Å². The Morgan fingerprint density at radius 3 is 3.00 bits per heavy atom. The molecule has 1 aromatic rings. The van der Waals surface area contributed by atoms with Gasteiger partial charge in [0.05, 0.1) is 6.54 Å². The number of hydrogen-bond donors (Lipinski definition) is 1. The largest absolute Gasteiger partial charge is 0.337 e. The number of carbonyl (C=O) groups excluding carboxylic acids is 1. The predicted molar refractivity (Wildman–Crippen MR) is 65.6 cm³/mol. The lowest BCUT2D eigenvalue weighted by Gasteiger charge is -2.19. The summed E-state index contributed by atoms with van der Waals surface area (Å²) in [5.41, 5.74) is 0. The van der Waals surface area contributed by atoms with Crippen molar-refractivity contribution in [1.82, 2.24) is 20.4 Å². The highest BCUT2D eigenvalue weighted by molar-refractivity contribution is 5.78. The number of amides is 1. The second kappa shape index (κ2) is 5.48. The minimum absolute atomic E-state index is 0.0391. The van der Waals surface area contributed by atoms with Crippen LogP contribution in [0.4, 0.5) is 0 Å². The molecular weight excluding hydrogens is 232 g/mol. The fraction of sp³-hybridized carbons (Fsp3) is 0.750. The number of rotatable bonds is 5. The highest BCUT2D eigenvalue weighted by Crippen LogP contribution is 2.31. The molecule has 0 unspecified atom stereocenters. The average Bonchev–Trinajstić information content (AvgIpc) is 2.92. The minimum atomic E-state index is -0.0391. The summed E-state index contributed by atoms with van der Waals surface area (Å²) in [6.45, 7) is 7.37. The lowest BCUT2D eigenvalue weighted by Crippen LogP contribution is -2.27. The van der Waals surface area contributed by atoms with E-state index in [0.29, 0.717) is 37.3 Å². The topological polar surface area (TPSA) is 71.3 Å². The van der Waals surface area contributed by atoms with Crippen LogP contribution in [0.2, 0.25) is 0 Å². The van der Waals surface area contributed by atoms with Gasteiger partial charge in [-0.05, 0) is 13.3 Å². The smallest absolute Gasteiger partial charge is 0.249 e. The van der Waals surface area contributed by atoms with Gasteiger partial charge in [0.2, 0.25) is 11.8 Å². The van der Waals surface area contributed by atoms with Gasteiger partial charge in [-0.2, -0.15) is 4.98 Å². The number of nitrogens with one attached hydrogen (secondary N) is 1. The van der Waals surface area contributed by atoms with E-state index in [9.17, 15) is 4.79 Å². The molecule has 0 spiro atoms. The average molecular weight is 252 g/mol. The molecule has 1 atom stereocenters. The van der Waals surface area contributed by atoms with Crippen LogP contribution in [0.5, 0.6) is 0 Å². The number of aromatic nitrogens is 2. The van der Waals surface area contributed by atoms with Gasteiger partial charge in [0.1, 0.15) is 6.04 Å². The molecule has 1 N–H and O–H groups in total. The van der Waals surface area contributed by atoms with Gasteiger partial charge >= 0.3 is 0 Å². The van der Waals surface area contributed by atoms with E-state index in [1.807, 2.05) is 6.92 Å². The molecule has 0 aliphatic carbocycles. The van der Waals surface area contributed by atoms with Gasteiger partial charge in [0.25, 0.3) is 0 Å². The lowest BCUT2D eigenvalue weighted by atomic mass is 10.2. The molecule has 1 aromatic heterocycles. The van der Waals surface area contributed by atoms with Crippen LogP contribution >= 0.6 is 0 Å². The Morgan fingerprint density at radius 1 is 1.56 bits per heavy atom. The van der Waals surface area contributed by atoms with Crippen molar-refractivity contribution in [3.05, 3.63) is 11.7 Å². The highest BCUT2D eigenvalue weighted by Gasteiger charge is 2.34. The summed E-state index contributed by atoms with van der Waals surface area (Å²) in [5, 5.41) is 7.17. The zero-order chi connectivity index (χ0) is 13.1. The summed E-state index contributed by atoms with van der Waals surface area (Å²) in [7, 11) is 0. The molecule has 2 rings (SSSR count). The summed E-state index contributed by atoms with van der Waals surface area (Å²) in [5.74, 6) is 1.37. The summed E-state index contributed by atoms with van der Waals surface area (Å²) < 4.78 is 5.27. The molecule has 18 heavy (non-hydrogen) atoms. The molecule has 0 bridgehead atoms. The van der Waals surface area contributed by atoms with Crippen LogP contribution in [0.1, 0.15) is 51.4 Å². The fourth-order valence-corrected chi connectivity index (χ4v) is 2.16. The highest BCUT2D eigenvalue weighted by atomic mass is 16.5. The van der Waals surface area contributed by atoms with Gasteiger partial charge in [-0.1, -0.05) is 19.0 Å². The fourth-order valence-electron chi connectivity index (χ4n) is 2.16. The summed E-state index contributed by atoms with van der Waals surface area (Å²) in [4.78, 5) is 17.8. The third-order valence-electron chi connectivity index (χ3n) is 3.11. The van der Waals surface area contributed by atoms with E-state index in [4.69, 9.17) is 4.52 Å². The van der Waals surface area contributed by atoms with E-state index in [1.54, 1.807) is 4.90 Å². The Labute approximate surface area is 107 Å². The van der Waals surface area contributed by atoms with Gasteiger partial charge < -0.3 is 14.7 Å².